The largest absolute Gasteiger partial charge is 0.397 e. The molecule has 2 rings (SSSR count). The summed E-state index contributed by atoms with van der Waals surface area (Å²) in [5.41, 5.74) is 7.71. The maximum absolute atomic E-state index is 12.4. The van der Waals surface area contributed by atoms with Gasteiger partial charge >= 0.3 is 0 Å². The minimum absolute atomic E-state index is 0.0477. The first-order chi connectivity index (χ1) is 8.90. The highest BCUT2D eigenvalue weighted by atomic mass is 79.9. The Bertz CT molecular complexity index is 694. The van der Waals surface area contributed by atoms with Crippen LogP contribution in [-0.4, -0.2) is 8.42 Å². The summed E-state index contributed by atoms with van der Waals surface area (Å²) in [6.07, 6.45) is 0. The number of halogens is 1. The third-order valence-corrected chi connectivity index (χ3v) is 5.16. The molecular formula is C14H14BrNO2S. The van der Waals surface area contributed by atoms with Gasteiger partial charge in [0.25, 0.3) is 0 Å². The lowest BCUT2D eigenvalue weighted by Crippen LogP contribution is -2.08. The molecule has 0 aromatic heterocycles. The monoisotopic (exact) mass is 339 g/mol. The number of benzene rings is 2. The van der Waals surface area contributed by atoms with E-state index in [9.17, 15) is 8.42 Å². The lowest BCUT2D eigenvalue weighted by Gasteiger charge is -2.09. The average Bonchev–Trinajstić information content (AvgIpc) is 2.35. The number of sulfone groups is 1. The molecule has 0 unspecified atom stereocenters. The summed E-state index contributed by atoms with van der Waals surface area (Å²) < 4.78 is 25.7. The third kappa shape index (κ3) is 3.16. The molecule has 0 fully saturated rings. The van der Waals surface area contributed by atoms with Gasteiger partial charge in [0.05, 0.1) is 16.3 Å². The van der Waals surface area contributed by atoms with Crippen molar-refractivity contribution in [3.8, 4) is 0 Å². The van der Waals surface area contributed by atoms with E-state index in [1.165, 1.54) is 0 Å². The van der Waals surface area contributed by atoms with Crippen molar-refractivity contribution in [2.24, 2.45) is 0 Å². The van der Waals surface area contributed by atoms with Gasteiger partial charge in [0.1, 0.15) is 0 Å². The highest BCUT2D eigenvalue weighted by Gasteiger charge is 2.19. The molecule has 0 bridgehead atoms. The van der Waals surface area contributed by atoms with Crippen LogP contribution in [0.1, 0.15) is 11.1 Å². The van der Waals surface area contributed by atoms with Crippen LogP contribution in [0.4, 0.5) is 5.69 Å². The first-order valence-corrected chi connectivity index (χ1v) is 8.17. The van der Waals surface area contributed by atoms with Gasteiger partial charge in [0.2, 0.25) is 0 Å². The zero-order valence-electron chi connectivity index (χ0n) is 10.4. The summed E-state index contributed by atoms with van der Waals surface area (Å²) in [5.74, 6) is -0.0477. The fourth-order valence-electron chi connectivity index (χ4n) is 1.80. The number of rotatable bonds is 3. The SMILES string of the molecule is Cc1cccc(S(=O)(=O)Cc2ccc(Br)cc2)c1N. The molecule has 0 saturated carbocycles. The molecule has 19 heavy (non-hydrogen) atoms. The molecule has 5 heteroatoms. The zero-order valence-corrected chi connectivity index (χ0v) is 12.8. The van der Waals surface area contributed by atoms with Crippen molar-refractivity contribution >= 4 is 31.5 Å². The van der Waals surface area contributed by atoms with Gasteiger partial charge in [0, 0.05) is 4.47 Å². The molecule has 2 aromatic rings. The summed E-state index contributed by atoms with van der Waals surface area (Å²) >= 11 is 3.32. The van der Waals surface area contributed by atoms with Gasteiger partial charge in [-0.3, -0.25) is 0 Å². The van der Waals surface area contributed by atoms with E-state index in [1.54, 1.807) is 37.3 Å². The van der Waals surface area contributed by atoms with E-state index in [4.69, 9.17) is 5.73 Å². The van der Waals surface area contributed by atoms with Crippen LogP contribution in [0.25, 0.3) is 0 Å². The van der Waals surface area contributed by atoms with Gasteiger partial charge in [0.15, 0.2) is 9.84 Å². The van der Waals surface area contributed by atoms with Gasteiger partial charge < -0.3 is 5.73 Å². The van der Waals surface area contributed by atoms with Crippen molar-refractivity contribution in [2.75, 3.05) is 5.73 Å². The fourth-order valence-corrected chi connectivity index (χ4v) is 3.64. The maximum Gasteiger partial charge on any atom is 0.184 e. The Morgan fingerprint density at radius 3 is 2.37 bits per heavy atom. The third-order valence-electron chi connectivity index (χ3n) is 2.89. The van der Waals surface area contributed by atoms with Gasteiger partial charge in [-0.2, -0.15) is 0 Å². The first-order valence-electron chi connectivity index (χ1n) is 5.72. The Morgan fingerprint density at radius 2 is 1.74 bits per heavy atom. The van der Waals surface area contributed by atoms with Crippen molar-refractivity contribution in [1.82, 2.24) is 0 Å². The molecule has 0 radical (unpaired) electrons. The van der Waals surface area contributed by atoms with Gasteiger partial charge in [-0.25, -0.2) is 8.42 Å². The van der Waals surface area contributed by atoms with E-state index in [0.717, 1.165) is 15.6 Å². The highest BCUT2D eigenvalue weighted by molar-refractivity contribution is 9.10. The van der Waals surface area contributed by atoms with Gasteiger partial charge in [-0.15, -0.1) is 0 Å². The highest BCUT2D eigenvalue weighted by Crippen LogP contribution is 2.25. The van der Waals surface area contributed by atoms with Crippen LogP contribution in [0, 0.1) is 6.92 Å². The van der Waals surface area contributed by atoms with Crippen molar-refractivity contribution in [3.05, 3.63) is 58.1 Å². The second-order valence-corrected chi connectivity index (χ2v) is 7.25. The number of nitrogen functional groups attached to an aromatic ring is 1. The van der Waals surface area contributed by atoms with E-state index < -0.39 is 9.84 Å². The Labute approximate surface area is 121 Å². The predicted octanol–water partition coefficient (Wildman–Crippen LogP) is 3.31. The maximum atomic E-state index is 12.4. The number of hydrogen-bond acceptors (Lipinski definition) is 3. The molecule has 0 aliphatic rings. The Balaban J connectivity index is 2.38. The van der Waals surface area contributed by atoms with Crippen LogP contribution in [0.5, 0.6) is 0 Å². The summed E-state index contributed by atoms with van der Waals surface area (Å²) in [4.78, 5) is 0.204. The van der Waals surface area contributed by atoms with Crippen molar-refractivity contribution < 1.29 is 8.42 Å². The number of para-hydroxylation sites is 1. The molecular weight excluding hydrogens is 326 g/mol. The topological polar surface area (TPSA) is 60.2 Å². The van der Waals surface area contributed by atoms with Crippen LogP contribution in [0.3, 0.4) is 0 Å². The molecule has 3 nitrogen and oxygen atoms in total. The number of nitrogens with two attached hydrogens (primary N) is 1. The van der Waals surface area contributed by atoms with Crippen LogP contribution in [0.15, 0.2) is 51.8 Å². The van der Waals surface area contributed by atoms with Crippen LogP contribution < -0.4 is 5.73 Å². The summed E-state index contributed by atoms with van der Waals surface area (Å²) in [7, 11) is -3.42. The molecule has 0 spiro atoms. The number of hydrogen-bond donors (Lipinski definition) is 1. The van der Waals surface area contributed by atoms with Crippen LogP contribution in [0.2, 0.25) is 0 Å². The van der Waals surface area contributed by atoms with Crippen molar-refractivity contribution in [1.29, 1.82) is 0 Å². The smallest absolute Gasteiger partial charge is 0.184 e. The zero-order chi connectivity index (χ0) is 14.0. The van der Waals surface area contributed by atoms with E-state index in [-0.39, 0.29) is 10.6 Å². The number of anilines is 1. The predicted molar refractivity (Wildman–Crippen MR) is 80.6 cm³/mol. The molecule has 0 amide bonds. The second kappa shape index (κ2) is 5.35. The summed E-state index contributed by atoms with van der Waals surface area (Å²) in [5, 5.41) is 0. The number of aryl methyl sites for hydroxylation is 1. The Hall–Kier alpha value is -1.33. The molecule has 0 aliphatic heterocycles. The molecule has 2 aromatic carbocycles. The lowest BCUT2D eigenvalue weighted by atomic mass is 10.2. The van der Waals surface area contributed by atoms with Gasteiger partial charge in [-0.05, 0) is 36.2 Å². The fraction of sp³-hybridized carbons (Fsp3) is 0.143. The van der Waals surface area contributed by atoms with Crippen molar-refractivity contribution in [3.63, 3.8) is 0 Å². The average molecular weight is 340 g/mol. The molecule has 0 saturated heterocycles. The first kappa shape index (κ1) is 14.1. The van der Waals surface area contributed by atoms with E-state index in [1.807, 2.05) is 12.1 Å². The van der Waals surface area contributed by atoms with Crippen LogP contribution >= 0.6 is 15.9 Å². The molecule has 0 aliphatic carbocycles. The normalized spacial score (nSPS) is 11.5. The lowest BCUT2D eigenvalue weighted by molar-refractivity contribution is 0.595. The molecule has 0 atom stereocenters. The minimum atomic E-state index is -3.42. The van der Waals surface area contributed by atoms with Crippen LogP contribution in [-0.2, 0) is 15.6 Å². The Kier molecular flexibility index (Phi) is 3.96. The minimum Gasteiger partial charge on any atom is -0.397 e. The molecule has 100 valence electrons. The standard InChI is InChI=1S/C14H14BrNO2S/c1-10-3-2-4-13(14(10)16)19(17,18)9-11-5-7-12(15)8-6-11/h2-8H,9,16H2,1H3. The van der Waals surface area contributed by atoms with E-state index in [0.29, 0.717) is 5.69 Å². The van der Waals surface area contributed by atoms with E-state index in [2.05, 4.69) is 15.9 Å². The van der Waals surface area contributed by atoms with Gasteiger partial charge in [-0.1, -0.05) is 40.2 Å². The quantitative estimate of drug-likeness (QED) is 0.872. The molecule has 0 heterocycles. The summed E-state index contributed by atoms with van der Waals surface area (Å²) in [6, 6.07) is 12.3. The summed E-state index contributed by atoms with van der Waals surface area (Å²) in [6.45, 7) is 1.80. The van der Waals surface area contributed by atoms with E-state index >= 15 is 0 Å². The second-order valence-electron chi connectivity index (χ2n) is 4.37. The Morgan fingerprint density at radius 1 is 1.11 bits per heavy atom. The van der Waals surface area contributed by atoms with Crippen molar-refractivity contribution in [2.45, 2.75) is 17.6 Å². The molecule has 2 N–H and O–H groups in total.